The summed E-state index contributed by atoms with van der Waals surface area (Å²) >= 11 is 1.91. The first-order valence-electron chi connectivity index (χ1n) is 9.74. The summed E-state index contributed by atoms with van der Waals surface area (Å²) in [6.07, 6.45) is 7.85. The first kappa shape index (κ1) is 19.0. The third-order valence-corrected chi connectivity index (χ3v) is 5.98. The van der Waals surface area contributed by atoms with Crippen LogP contribution in [-0.2, 0) is 6.42 Å². The van der Waals surface area contributed by atoms with Crippen molar-refractivity contribution in [2.45, 2.75) is 45.1 Å². The highest BCUT2D eigenvalue weighted by molar-refractivity contribution is 8.14. The van der Waals surface area contributed by atoms with Crippen molar-refractivity contribution in [2.24, 2.45) is 15.9 Å². The molecular formula is C21H30N4S. The molecule has 1 aromatic rings. The Morgan fingerprint density at radius 2 is 2.23 bits per heavy atom. The minimum Gasteiger partial charge on any atom is -0.356 e. The third-order valence-electron chi connectivity index (χ3n) is 4.89. The SMILES string of the molecule is C=CC(CCCC)C1CSC(Cc2ccc(NC3=NCCCN3)cc2)=N1. The lowest BCUT2D eigenvalue weighted by atomic mass is 9.95. The van der Waals surface area contributed by atoms with Crippen LogP contribution in [0.2, 0.25) is 0 Å². The topological polar surface area (TPSA) is 48.8 Å². The van der Waals surface area contributed by atoms with Crippen LogP contribution in [0.5, 0.6) is 0 Å². The van der Waals surface area contributed by atoms with E-state index in [2.05, 4.69) is 59.5 Å². The molecule has 0 radical (unpaired) electrons. The second-order valence-electron chi connectivity index (χ2n) is 6.95. The van der Waals surface area contributed by atoms with E-state index in [1.54, 1.807) is 0 Å². The molecule has 1 aromatic carbocycles. The number of hydrogen-bond donors (Lipinski definition) is 2. The van der Waals surface area contributed by atoms with Crippen LogP contribution in [0.3, 0.4) is 0 Å². The molecule has 0 amide bonds. The van der Waals surface area contributed by atoms with Crippen LogP contribution in [0.4, 0.5) is 5.69 Å². The van der Waals surface area contributed by atoms with Gasteiger partial charge in [-0.05, 0) is 36.5 Å². The van der Waals surface area contributed by atoms with Gasteiger partial charge in [-0.25, -0.2) is 0 Å². The monoisotopic (exact) mass is 370 g/mol. The zero-order valence-corrected chi connectivity index (χ0v) is 16.5. The number of thioether (sulfide) groups is 1. The minimum atomic E-state index is 0.412. The van der Waals surface area contributed by atoms with Crippen molar-refractivity contribution in [3.8, 4) is 0 Å². The fourth-order valence-corrected chi connectivity index (χ4v) is 4.46. The Kier molecular flexibility index (Phi) is 7.18. The molecule has 2 N–H and O–H groups in total. The van der Waals surface area contributed by atoms with Gasteiger partial charge in [0, 0.05) is 31.0 Å². The van der Waals surface area contributed by atoms with Crippen LogP contribution in [0, 0.1) is 5.92 Å². The number of anilines is 1. The Labute approximate surface area is 161 Å². The zero-order valence-electron chi connectivity index (χ0n) is 15.7. The van der Waals surface area contributed by atoms with Gasteiger partial charge in [0.05, 0.1) is 11.1 Å². The van der Waals surface area contributed by atoms with E-state index < -0.39 is 0 Å². The first-order valence-corrected chi connectivity index (χ1v) is 10.7. The maximum Gasteiger partial charge on any atom is 0.195 e. The van der Waals surface area contributed by atoms with Crippen LogP contribution < -0.4 is 10.6 Å². The molecular weight excluding hydrogens is 340 g/mol. The van der Waals surface area contributed by atoms with E-state index in [1.807, 2.05) is 11.8 Å². The predicted octanol–water partition coefficient (Wildman–Crippen LogP) is 4.50. The number of nitrogens with zero attached hydrogens (tertiary/aromatic N) is 2. The van der Waals surface area contributed by atoms with Gasteiger partial charge in [-0.15, -0.1) is 18.3 Å². The number of hydrogen-bond acceptors (Lipinski definition) is 5. The number of aliphatic imine (C=N–C) groups is 2. The smallest absolute Gasteiger partial charge is 0.195 e. The number of nitrogens with one attached hydrogen (secondary N) is 2. The summed E-state index contributed by atoms with van der Waals surface area (Å²) in [6, 6.07) is 9.03. The van der Waals surface area contributed by atoms with Gasteiger partial charge in [0.2, 0.25) is 0 Å². The molecule has 0 spiro atoms. The van der Waals surface area contributed by atoms with E-state index in [1.165, 1.54) is 29.9 Å². The Balaban J connectivity index is 1.54. The highest BCUT2D eigenvalue weighted by atomic mass is 32.2. The molecule has 5 heteroatoms. The largest absolute Gasteiger partial charge is 0.356 e. The summed E-state index contributed by atoms with van der Waals surface area (Å²) in [5, 5.41) is 7.89. The molecule has 3 rings (SSSR count). The lowest BCUT2D eigenvalue weighted by Gasteiger charge is -2.16. The molecule has 0 aromatic heterocycles. The van der Waals surface area contributed by atoms with Gasteiger partial charge < -0.3 is 10.6 Å². The molecule has 2 aliphatic rings. The van der Waals surface area contributed by atoms with Gasteiger partial charge in [-0.2, -0.15) is 0 Å². The molecule has 2 heterocycles. The molecule has 2 unspecified atom stereocenters. The van der Waals surface area contributed by atoms with Crippen LogP contribution in [0.25, 0.3) is 0 Å². The summed E-state index contributed by atoms with van der Waals surface area (Å²) in [7, 11) is 0. The number of guanidine groups is 1. The number of unbranched alkanes of at least 4 members (excludes halogenated alkanes) is 1. The molecule has 4 nitrogen and oxygen atoms in total. The molecule has 0 fully saturated rings. The normalized spacial score (nSPS) is 20.7. The molecule has 26 heavy (non-hydrogen) atoms. The lowest BCUT2D eigenvalue weighted by molar-refractivity contribution is 0.489. The standard InChI is InChI=1S/C21H30N4S/c1-3-5-7-17(4-2)19-15-26-20(25-19)14-16-8-10-18(11-9-16)24-21-22-12-6-13-23-21/h4,8-11,17,19H,2-3,5-7,12-15H2,1H3,(H2,22,23,24). The van der Waals surface area contributed by atoms with Crippen molar-refractivity contribution in [3.63, 3.8) is 0 Å². The average Bonchev–Trinajstić information content (AvgIpc) is 3.13. The van der Waals surface area contributed by atoms with Gasteiger partial charge >= 0.3 is 0 Å². The Morgan fingerprint density at radius 3 is 2.92 bits per heavy atom. The van der Waals surface area contributed by atoms with E-state index in [9.17, 15) is 0 Å². The molecule has 0 bridgehead atoms. The van der Waals surface area contributed by atoms with Crippen molar-refractivity contribution in [3.05, 3.63) is 42.5 Å². The van der Waals surface area contributed by atoms with E-state index in [0.29, 0.717) is 12.0 Å². The molecule has 0 aliphatic carbocycles. The van der Waals surface area contributed by atoms with Gasteiger partial charge in [-0.1, -0.05) is 38.0 Å². The van der Waals surface area contributed by atoms with Gasteiger partial charge in [0.15, 0.2) is 5.96 Å². The van der Waals surface area contributed by atoms with Gasteiger partial charge in [0.25, 0.3) is 0 Å². The second-order valence-corrected chi connectivity index (χ2v) is 8.05. The van der Waals surface area contributed by atoms with Crippen molar-refractivity contribution in [1.82, 2.24) is 5.32 Å². The van der Waals surface area contributed by atoms with E-state index in [4.69, 9.17) is 4.99 Å². The maximum atomic E-state index is 4.99. The van der Waals surface area contributed by atoms with E-state index >= 15 is 0 Å². The summed E-state index contributed by atoms with van der Waals surface area (Å²) in [6.45, 7) is 8.16. The molecule has 0 saturated carbocycles. The van der Waals surface area contributed by atoms with E-state index in [0.717, 1.165) is 43.3 Å². The van der Waals surface area contributed by atoms with Crippen molar-refractivity contribution < 1.29 is 0 Å². The molecule has 0 saturated heterocycles. The summed E-state index contributed by atoms with van der Waals surface area (Å²) in [4.78, 5) is 9.44. The Bertz CT molecular complexity index is 650. The Morgan fingerprint density at radius 1 is 1.38 bits per heavy atom. The number of rotatable bonds is 8. The van der Waals surface area contributed by atoms with Crippen LogP contribution in [0.1, 0.15) is 38.2 Å². The van der Waals surface area contributed by atoms with Crippen molar-refractivity contribution >= 4 is 28.5 Å². The number of benzene rings is 1. The predicted molar refractivity (Wildman–Crippen MR) is 116 cm³/mol. The second kappa shape index (κ2) is 9.81. The fraction of sp³-hybridized carbons (Fsp3) is 0.524. The first-order chi connectivity index (χ1) is 12.8. The zero-order chi connectivity index (χ0) is 18.2. The van der Waals surface area contributed by atoms with Crippen molar-refractivity contribution in [2.75, 3.05) is 24.2 Å². The van der Waals surface area contributed by atoms with Crippen LogP contribution >= 0.6 is 11.8 Å². The third kappa shape index (κ3) is 5.37. The van der Waals surface area contributed by atoms with Gasteiger partial charge in [-0.3, -0.25) is 9.98 Å². The minimum absolute atomic E-state index is 0.412. The average molecular weight is 371 g/mol. The quantitative estimate of drug-likeness (QED) is 0.663. The van der Waals surface area contributed by atoms with Crippen LogP contribution in [0.15, 0.2) is 46.9 Å². The summed E-state index contributed by atoms with van der Waals surface area (Å²) < 4.78 is 0. The van der Waals surface area contributed by atoms with Gasteiger partial charge in [0.1, 0.15) is 0 Å². The maximum absolute atomic E-state index is 4.99. The Hall–Kier alpha value is -1.75. The van der Waals surface area contributed by atoms with Crippen LogP contribution in [-0.4, -0.2) is 35.9 Å². The summed E-state index contributed by atoms with van der Waals surface area (Å²) in [5.41, 5.74) is 2.39. The highest BCUT2D eigenvalue weighted by Gasteiger charge is 2.24. The summed E-state index contributed by atoms with van der Waals surface area (Å²) in [5.74, 6) is 2.50. The van der Waals surface area contributed by atoms with Crippen molar-refractivity contribution in [1.29, 1.82) is 0 Å². The fourth-order valence-electron chi connectivity index (χ4n) is 3.30. The molecule has 2 atom stereocenters. The molecule has 2 aliphatic heterocycles. The highest BCUT2D eigenvalue weighted by Crippen LogP contribution is 2.29. The lowest BCUT2D eigenvalue weighted by Crippen LogP contribution is -2.35. The van der Waals surface area contributed by atoms with E-state index in [-0.39, 0.29) is 0 Å². The molecule has 140 valence electrons.